The molecule has 2 aromatic carbocycles. The van der Waals surface area contributed by atoms with E-state index in [-0.39, 0.29) is 16.8 Å². The van der Waals surface area contributed by atoms with Crippen molar-refractivity contribution in [1.82, 2.24) is 4.98 Å². The zero-order chi connectivity index (χ0) is 26.5. The summed E-state index contributed by atoms with van der Waals surface area (Å²) < 4.78 is 25.9. The molecule has 8 heteroatoms. The molecule has 2 aliphatic heterocycles. The Hall–Kier alpha value is -2.10. The second-order valence-electron chi connectivity index (χ2n) is 11.2. The molecule has 1 aromatic heterocycles. The third-order valence-corrected chi connectivity index (χ3v) is 12.5. The number of ether oxygens (including phenoxy) is 3. The van der Waals surface area contributed by atoms with Gasteiger partial charge in [0.15, 0.2) is 5.79 Å². The second kappa shape index (κ2) is 9.57. The van der Waals surface area contributed by atoms with Gasteiger partial charge in [-0.05, 0) is 41.4 Å². The van der Waals surface area contributed by atoms with Crippen LogP contribution in [0, 0.1) is 0 Å². The predicted molar refractivity (Wildman–Crippen MR) is 145 cm³/mol. The van der Waals surface area contributed by atoms with Crippen molar-refractivity contribution in [3.8, 4) is 0 Å². The molecule has 196 valence electrons. The summed E-state index contributed by atoms with van der Waals surface area (Å²) in [4.78, 5) is 4.15. The number of nitrogens with zero attached hydrogens (tertiary/aromatic N) is 1. The van der Waals surface area contributed by atoms with Gasteiger partial charge < -0.3 is 23.7 Å². The van der Waals surface area contributed by atoms with Crippen LogP contribution >= 0.6 is 11.6 Å². The maximum absolute atomic E-state index is 11.8. The lowest BCUT2D eigenvalue weighted by Gasteiger charge is -2.43. The molecule has 2 saturated heterocycles. The summed E-state index contributed by atoms with van der Waals surface area (Å²) in [6.07, 6.45) is -0.387. The van der Waals surface area contributed by atoms with Gasteiger partial charge in [0.1, 0.15) is 23.5 Å². The maximum Gasteiger partial charge on any atom is 0.261 e. The highest BCUT2D eigenvalue weighted by Crippen LogP contribution is 2.49. The van der Waals surface area contributed by atoms with Crippen LogP contribution in [0.4, 0.5) is 0 Å². The van der Waals surface area contributed by atoms with Crippen molar-refractivity contribution < 1.29 is 23.7 Å². The van der Waals surface area contributed by atoms with Crippen molar-refractivity contribution in [2.45, 2.75) is 69.5 Å². The largest absolute Gasteiger partial charge is 0.405 e. The molecule has 0 amide bonds. The standard InChI is InChI=1S/C29H34ClNO5Si/c1-27(2,3)37(20-13-8-6-9-14-20,21-15-10-7-11-16-21)33-19-23-24-25(36-28(4,5)35-24)29(32,34-23)22-17-12-18-31-26(22)30/h6-18,23-25,32H,19H2,1-5H3/t23-,24-,25-,29-/m1/s1. The van der Waals surface area contributed by atoms with Gasteiger partial charge >= 0.3 is 0 Å². The molecule has 4 atom stereocenters. The van der Waals surface area contributed by atoms with E-state index < -0.39 is 38.2 Å². The Kier molecular flexibility index (Phi) is 6.86. The molecule has 5 rings (SSSR count). The third kappa shape index (κ3) is 4.57. The van der Waals surface area contributed by atoms with E-state index in [0.717, 1.165) is 10.4 Å². The number of rotatable bonds is 6. The van der Waals surface area contributed by atoms with Gasteiger partial charge in [0, 0.05) is 6.20 Å². The van der Waals surface area contributed by atoms with Crippen LogP contribution in [0.3, 0.4) is 0 Å². The molecule has 0 saturated carbocycles. The quantitative estimate of drug-likeness (QED) is 0.370. The summed E-state index contributed by atoms with van der Waals surface area (Å²) in [7, 11) is -2.83. The molecule has 0 bridgehead atoms. The lowest BCUT2D eigenvalue weighted by molar-refractivity contribution is -0.283. The lowest BCUT2D eigenvalue weighted by Crippen LogP contribution is -2.67. The first-order chi connectivity index (χ1) is 17.5. The Labute approximate surface area is 224 Å². The number of pyridine rings is 1. The van der Waals surface area contributed by atoms with E-state index in [0.29, 0.717) is 5.56 Å². The van der Waals surface area contributed by atoms with Crippen LogP contribution in [0.2, 0.25) is 10.2 Å². The molecule has 2 aliphatic rings. The Bertz CT molecular complexity index is 1200. The molecule has 6 nitrogen and oxygen atoms in total. The number of hydrogen-bond donors (Lipinski definition) is 1. The molecule has 0 radical (unpaired) electrons. The third-order valence-electron chi connectivity index (χ3n) is 7.24. The molecule has 1 N–H and O–H groups in total. The zero-order valence-corrected chi connectivity index (χ0v) is 23.6. The average molecular weight is 540 g/mol. The number of benzene rings is 2. The molecule has 0 aliphatic carbocycles. The summed E-state index contributed by atoms with van der Waals surface area (Å²) in [5.41, 5.74) is 0.348. The van der Waals surface area contributed by atoms with Crippen molar-refractivity contribution in [2.24, 2.45) is 0 Å². The monoisotopic (exact) mass is 539 g/mol. The van der Waals surface area contributed by atoms with E-state index in [1.807, 2.05) is 26.0 Å². The number of aromatic nitrogens is 1. The van der Waals surface area contributed by atoms with Crippen molar-refractivity contribution in [3.63, 3.8) is 0 Å². The smallest absolute Gasteiger partial charge is 0.261 e. The van der Waals surface area contributed by atoms with Gasteiger partial charge in [-0.15, -0.1) is 0 Å². The molecule has 0 spiro atoms. The fourth-order valence-corrected chi connectivity index (χ4v) is 10.5. The van der Waals surface area contributed by atoms with Gasteiger partial charge in [0.25, 0.3) is 8.32 Å². The predicted octanol–water partition coefficient (Wildman–Crippen LogP) is 4.38. The number of hydrogen-bond acceptors (Lipinski definition) is 6. The first-order valence-corrected chi connectivity index (χ1v) is 14.9. The van der Waals surface area contributed by atoms with Gasteiger partial charge in [-0.3, -0.25) is 0 Å². The van der Waals surface area contributed by atoms with E-state index in [2.05, 4.69) is 74.3 Å². The minimum atomic E-state index is -2.83. The molecule has 3 heterocycles. The highest BCUT2D eigenvalue weighted by Gasteiger charge is 2.64. The first kappa shape index (κ1) is 26.5. The number of aliphatic hydroxyl groups is 1. The maximum atomic E-state index is 11.8. The van der Waals surface area contributed by atoms with Crippen LogP contribution in [0.5, 0.6) is 0 Å². The second-order valence-corrected chi connectivity index (χ2v) is 15.9. The minimum Gasteiger partial charge on any atom is -0.405 e. The normalized spacial score (nSPS) is 27.3. The average Bonchev–Trinajstić information content (AvgIpc) is 3.32. The van der Waals surface area contributed by atoms with Gasteiger partial charge in [0.05, 0.1) is 12.2 Å². The van der Waals surface area contributed by atoms with Crippen LogP contribution < -0.4 is 10.4 Å². The Balaban J connectivity index is 1.55. The topological polar surface area (TPSA) is 70.0 Å². The molecule has 37 heavy (non-hydrogen) atoms. The molecular formula is C29H34ClNO5Si. The van der Waals surface area contributed by atoms with Crippen LogP contribution in [-0.2, 0) is 24.4 Å². The molecule has 0 unspecified atom stereocenters. The summed E-state index contributed by atoms with van der Waals surface area (Å²) in [5.74, 6) is -2.74. The van der Waals surface area contributed by atoms with E-state index in [9.17, 15) is 5.11 Å². The van der Waals surface area contributed by atoms with Crippen molar-refractivity contribution >= 4 is 30.3 Å². The van der Waals surface area contributed by atoms with Crippen LogP contribution in [0.15, 0.2) is 79.0 Å². The van der Waals surface area contributed by atoms with Gasteiger partial charge in [-0.2, -0.15) is 0 Å². The van der Waals surface area contributed by atoms with Crippen molar-refractivity contribution in [2.75, 3.05) is 6.61 Å². The lowest BCUT2D eigenvalue weighted by atomic mass is 9.99. The molecule has 3 aromatic rings. The highest BCUT2D eigenvalue weighted by atomic mass is 35.5. The SMILES string of the molecule is CC1(C)O[C@H]2[C@@H](O1)[C@@](O)(c1cccnc1Cl)O[C@@H]2CO[Si](c1ccccc1)(c1ccccc1)C(C)(C)C. The summed E-state index contributed by atoms with van der Waals surface area (Å²) in [5, 5.41) is 14.1. The summed E-state index contributed by atoms with van der Waals surface area (Å²) in [6, 6.07) is 24.2. The summed E-state index contributed by atoms with van der Waals surface area (Å²) >= 11 is 6.40. The van der Waals surface area contributed by atoms with Crippen LogP contribution in [0.25, 0.3) is 0 Å². The van der Waals surface area contributed by atoms with Gasteiger partial charge in [0.2, 0.25) is 5.79 Å². The molecular weight excluding hydrogens is 506 g/mol. The molecule has 2 fully saturated rings. The van der Waals surface area contributed by atoms with E-state index in [1.165, 1.54) is 0 Å². The van der Waals surface area contributed by atoms with Crippen molar-refractivity contribution in [1.29, 1.82) is 0 Å². The Morgan fingerprint density at radius 3 is 2.05 bits per heavy atom. The Morgan fingerprint density at radius 1 is 0.919 bits per heavy atom. The first-order valence-electron chi connectivity index (χ1n) is 12.6. The number of fused-ring (bicyclic) bond motifs is 1. The van der Waals surface area contributed by atoms with Crippen LogP contribution in [0.1, 0.15) is 40.2 Å². The minimum absolute atomic E-state index is 0.158. The van der Waals surface area contributed by atoms with E-state index in [4.69, 9.17) is 30.2 Å². The zero-order valence-electron chi connectivity index (χ0n) is 21.9. The van der Waals surface area contributed by atoms with Crippen molar-refractivity contribution in [3.05, 3.63) is 89.7 Å². The van der Waals surface area contributed by atoms with E-state index in [1.54, 1.807) is 18.3 Å². The fourth-order valence-electron chi connectivity index (χ4n) is 5.70. The van der Waals surface area contributed by atoms with E-state index >= 15 is 0 Å². The van der Waals surface area contributed by atoms with Gasteiger partial charge in [-0.1, -0.05) is 93.0 Å². The highest BCUT2D eigenvalue weighted by molar-refractivity contribution is 6.99. The van der Waals surface area contributed by atoms with Gasteiger partial charge in [-0.25, -0.2) is 4.98 Å². The number of halogens is 1. The summed E-state index contributed by atoms with van der Waals surface area (Å²) in [6.45, 7) is 10.5. The van der Waals surface area contributed by atoms with Crippen LogP contribution in [-0.4, -0.2) is 49.1 Å². The Morgan fingerprint density at radius 2 is 1.51 bits per heavy atom. The fraction of sp³-hybridized carbons (Fsp3) is 0.414.